The van der Waals surface area contributed by atoms with Gasteiger partial charge in [-0.15, -0.1) is 0 Å². The summed E-state index contributed by atoms with van der Waals surface area (Å²) in [6, 6.07) is 7.31. The molecule has 1 fully saturated rings. The van der Waals surface area contributed by atoms with Crippen molar-refractivity contribution in [1.82, 2.24) is 0 Å². The lowest BCUT2D eigenvalue weighted by molar-refractivity contribution is 0.000311. The average molecular weight is 211 g/mol. The first kappa shape index (κ1) is 10.6. The van der Waals surface area contributed by atoms with E-state index in [1.807, 2.05) is 18.2 Å². The first-order valence-corrected chi connectivity index (χ1v) is 5.27. The molecule has 2 rings (SSSR count). The second-order valence-electron chi connectivity index (χ2n) is 4.17. The quantitative estimate of drug-likeness (QED) is 0.817. The molecule has 0 aromatic heterocycles. The van der Waals surface area contributed by atoms with Crippen LogP contribution in [0.3, 0.4) is 0 Å². The van der Waals surface area contributed by atoms with Crippen molar-refractivity contribution in [3.8, 4) is 0 Å². The Morgan fingerprint density at radius 2 is 1.93 bits per heavy atom. The van der Waals surface area contributed by atoms with Gasteiger partial charge in [-0.25, -0.2) is 8.78 Å². The van der Waals surface area contributed by atoms with E-state index >= 15 is 0 Å². The molecule has 1 aromatic carbocycles. The number of halogens is 2. The molecule has 15 heavy (non-hydrogen) atoms. The molecule has 0 saturated heterocycles. The van der Waals surface area contributed by atoms with Crippen LogP contribution in [-0.2, 0) is 12.0 Å². The van der Waals surface area contributed by atoms with Gasteiger partial charge in [0.25, 0.3) is 0 Å². The molecule has 1 saturated carbocycles. The smallest absolute Gasteiger partial charge is 0.248 e. The van der Waals surface area contributed by atoms with E-state index in [0.717, 1.165) is 17.5 Å². The third-order valence-corrected chi connectivity index (χ3v) is 3.44. The Morgan fingerprint density at radius 3 is 2.40 bits per heavy atom. The SMILES string of the molecule is NCc1ccccc1C1(C(F)F)CCC1. The van der Waals surface area contributed by atoms with Gasteiger partial charge >= 0.3 is 0 Å². The van der Waals surface area contributed by atoms with Crippen molar-refractivity contribution in [2.75, 3.05) is 0 Å². The maximum atomic E-state index is 13.1. The van der Waals surface area contributed by atoms with Crippen molar-refractivity contribution in [2.24, 2.45) is 5.73 Å². The van der Waals surface area contributed by atoms with Gasteiger partial charge in [-0.3, -0.25) is 0 Å². The zero-order valence-corrected chi connectivity index (χ0v) is 8.55. The van der Waals surface area contributed by atoms with Crippen LogP contribution in [0.1, 0.15) is 30.4 Å². The largest absolute Gasteiger partial charge is 0.326 e. The molecule has 0 bridgehead atoms. The van der Waals surface area contributed by atoms with E-state index in [1.54, 1.807) is 6.07 Å². The number of alkyl halides is 2. The topological polar surface area (TPSA) is 26.0 Å². The Labute approximate surface area is 88.3 Å². The van der Waals surface area contributed by atoms with Crippen LogP contribution in [0.25, 0.3) is 0 Å². The third kappa shape index (κ3) is 1.55. The summed E-state index contributed by atoms with van der Waals surface area (Å²) >= 11 is 0. The monoisotopic (exact) mass is 211 g/mol. The first-order chi connectivity index (χ1) is 7.20. The van der Waals surface area contributed by atoms with Crippen LogP contribution in [0.5, 0.6) is 0 Å². The molecule has 1 aromatic rings. The minimum absolute atomic E-state index is 0.338. The summed E-state index contributed by atoms with van der Waals surface area (Å²) in [5.74, 6) is 0. The summed E-state index contributed by atoms with van der Waals surface area (Å²) in [6.07, 6.45) is -0.217. The highest BCUT2D eigenvalue weighted by molar-refractivity contribution is 5.36. The summed E-state index contributed by atoms with van der Waals surface area (Å²) in [4.78, 5) is 0. The van der Waals surface area contributed by atoms with Crippen LogP contribution in [0.15, 0.2) is 24.3 Å². The molecule has 1 nitrogen and oxygen atoms in total. The summed E-state index contributed by atoms with van der Waals surface area (Å²) in [7, 11) is 0. The third-order valence-electron chi connectivity index (χ3n) is 3.44. The molecule has 1 aliphatic rings. The lowest BCUT2D eigenvalue weighted by atomic mass is 9.63. The van der Waals surface area contributed by atoms with Crippen molar-refractivity contribution in [1.29, 1.82) is 0 Å². The molecular weight excluding hydrogens is 196 g/mol. The maximum Gasteiger partial charge on any atom is 0.248 e. The van der Waals surface area contributed by atoms with E-state index in [4.69, 9.17) is 5.73 Å². The fourth-order valence-corrected chi connectivity index (χ4v) is 2.35. The fraction of sp³-hybridized carbons (Fsp3) is 0.500. The second-order valence-corrected chi connectivity index (χ2v) is 4.17. The van der Waals surface area contributed by atoms with Crippen molar-refractivity contribution in [2.45, 2.75) is 37.6 Å². The van der Waals surface area contributed by atoms with Gasteiger partial charge in [0, 0.05) is 6.54 Å². The van der Waals surface area contributed by atoms with Crippen LogP contribution in [0.2, 0.25) is 0 Å². The lowest BCUT2D eigenvalue weighted by Crippen LogP contribution is -2.42. The van der Waals surface area contributed by atoms with Gasteiger partial charge in [-0.2, -0.15) is 0 Å². The normalized spacial score (nSPS) is 18.9. The maximum absolute atomic E-state index is 13.1. The molecule has 0 aliphatic heterocycles. The van der Waals surface area contributed by atoms with E-state index in [1.165, 1.54) is 0 Å². The Balaban J connectivity index is 2.42. The summed E-state index contributed by atoms with van der Waals surface area (Å²) in [5.41, 5.74) is 6.29. The standard InChI is InChI=1S/C12H15F2N/c13-11(14)12(6-3-7-12)10-5-2-1-4-9(10)8-15/h1-2,4-5,11H,3,6-8,15H2. The Morgan fingerprint density at radius 1 is 1.27 bits per heavy atom. The van der Waals surface area contributed by atoms with Crippen LogP contribution in [0, 0.1) is 0 Å². The summed E-state index contributed by atoms with van der Waals surface area (Å²) in [5, 5.41) is 0. The second kappa shape index (κ2) is 3.89. The van der Waals surface area contributed by atoms with E-state index in [-0.39, 0.29) is 0 Å². The van der Waals surface area contributed by atoms with E-state index in [9.17, 15) is 8.78 Å². The Hall–Kier alpha value is -0.960. The first-order valence-electron chi connectivity index (χ1n) is 5.27. The van der Waals surface area contributed by atoms with Gasteiger partial charge in [0.05, 0.1) is 5.41 Å². The highest BCUT2D eigenvalue weighted by Crippen LogP contribution is 2.49. The van der Waals surface area contributed by atoms with Gasteiger partial charge in [0.1, 0.15) is 0 Å². The number of benzene rings is 1. The van der Waals surface area contributed by atoms with Crippen LogP contribution >= 0.6 is 0 Å². The predicted octanol–water partition coefficient (Wildman–Crippen LogP) is 2.83. The van der Waals surface area contributed by atoms with Crippen LogP contribution in [-0.4, -0.2) is 6.43 Å². The average Bonchev–Trinajstić information content (AvgIpc) is 2.16. The van der Waals surface area contributed by atoms with Gasteiger partial charge in [0.15, 0.2) is 0 Å². The highest BCUT2D eigenvalue weighted by Gasteiger charge is 2.47. The fourth-order valence-electron chi connectivity index (χ4n) is 2.35. The minimum Gasteiger partial charge on any atom is -0.326 e. The van der Waals surface area contributed by atoms with E-state index < -0.39 is 11.8 Å². The molecule has 0 atom stereocenters. The molecule has 82 valence electrons. The zero-order chi connectivity index (χ0) is 10.9. The molecule has 0 heterocycles. The molecule has 0 radical (unpaired) electrons. The van der Waals surface area contributed by atoms with Crippen molar-refractivity contribution < 1.29 is 8.78 Å². The molecule has 0 amide bonds. The molecule has 2 N–H and O–H groups in total. The Kier molecular flexibility index (Phi) is 2.74. The molecule has 1 aliphatic carbocycles. The minimum atomic E-state index is -2.28. The van der Waals surface area contributed by atoms with E-state index in [2.05, 4.69) is 0 Å². The number of nitrogens with two attached hydrogens (primary N) is 1. The predicted molar refractivity (Wildman–Crippen MR) is 55.9 cm³/mol. The van der Waals surface area contributed by atoms with Crippen LogP contribution in [0.4, 0.5) is 8.78 Å². The van der Waals surface area contributed by atoms with E-state index in [0.29, 0.717) is 19.4 Å². The highest BCUT2D eigenvalue weighted by atomic mass is 19.3. The lowest BCUT2D eigenvalue weighted by Gasteiger charge is -2.42. The van der Waals surface area contributed by atoms with Gasteiger partial charge < -0.3 is 5.73 Å². The van der Waals surface area contributed by atoms with Crippen molar-refractivity contribution in [3.05, 3.63) is 35.4 Å². The van der Waals surface area contributed by atoms with Crippen molar-refractivity contribution >= 4 is 0 Å². The number of rotatable bonds is 3. The van der Waals surface area contributed by atoms with Gasteiger partial charge in [0.2, 0.25) is 6.43 Å². The van der Waals surface area contributed by atoms with Crippen LogP contribution < -0.4 is 5.73 Å². The molecule has 3 heteroatoms. The Bertz CT molecular complexity index is 345. The summed E-state index contributed by atoms with van der Waals surface area (Å²) in [6.45, 7) is 0.338. The number of hydrogen-bond acceptors (Lipinski definition) is 1. The van der Waals surface area contributed by atoms with Crippen molar-refractivity contribution in [3.63, 3.8) is 0 Å². The molecule has 0 unspecified atom stereocenters. The summed E-state index contributed by atoms with van der Waals surface area (Å²) < 4.78 is 26.2. The van der Waals surface area contributed by atoms with Gasteiger partial charge in [-0.1, -0.05) is 30.7 Å². The number of hydrogen-bond donors (Lipinski definition) is 1. The van der Waals surface area contributed by atoms with Gasteiger partial charge in [-0.05, 0) is 24.0 Å². The molecular formula is C12H15F2N. The molecule has 0 spiro atoms. The zero-order valence-electron chi connectivity index (χ0n) is 8.55.